The van der Waals surface area contributed by atoms with Crippen molar-refractivity contribution in [2.75, 3.05) is 25.6 Å². The lowest BCUT2D eigenvalue weighted by molar-refractivity contribution is 0.120. The summed E-state index contributed by atoms with van der Waals surface area (Å²) in [7, 11) is 1.70. The zero-order chi connectivity index (χ0) is 23.1. The summed E-state index contributed by atoms with van der Waals surface area (Å²) in [6, 6.07) is 17.4. The number of anilines is 1. The number of rotatable bonds is 8. The summed E-state index contributed by atoms with van der Waals surface area (Å²) >= 11 is 0. The van der Waals surface area contributed by atoms with Gasteiger partial charge in [0, 0.05) is 25.4 Å². The van der Waals surface area contributed by atoms with Crippen molar-refractivity contribution in [3.63, 3.8) is 0 Å². The molecule has 4 heteroatoms. The number of nitrogens with zero attached hydrogens (tertiary/aromatic N) is 1. The summed E-state index contributed by atoms with van der Waals surface area (Å²) in [4.78, 5) is 15.6. The molecule has 1 saturated carbocycles. The van der Waals surface area contributed by atoms with Crippen LogP contribution in [-0.2, 0) is 4.74 Å². The van der Waals surface area contributed by atoms with E-state index in [2.05, 4.69) is 81.5 Å². The van der Waals surface area contributed by atoms with Gasteiger partial charge in [0.15, 0.2) is 0 Å². The average molecular weight is 437 g/mol. The molecule has 2 amide bonds. The Bertz CT molecular complexity index is 829. The number of benzene rings is 2. The van der Waals surface area contributed by atoms with Gasteiger partial charge in [0.1, 0.15) is 0 Å². The van der Waals surface area contributed by atoms with Gasteiger partial charge < -0.3 is 15.0 Å². The van der Waals surface area contributed by atoms with Crippen molar-refractivity contribution in [3.8, 4) is 0 Å². The van der Waals surface area contributed by atoms with E-state index in [-0.39, 0.29) is 12.1 Å². The van der Waals surface area contributed by atoms with Crippen molar-refractivity contribution in [1.82, 2.24) is 4.90 Å². The van der Waals surface area contributed by atoms with E-state index in [1.807, 2.05) is 4.90 Å². The standard InChI is InChI=1S/C28H40N2O2/c1-20(2)25-12-9-13-26(21(3)4)27(25)29-28(31)30(18-19-32-5)24-16-14-23(15-17-24)22-10-7-6-8-11-22/h6-13,20-21,23-24H,14-19H2,1-5H3,(H,29,31). The monoisotopic (exact) mass is 436 g/mol. The molecule has 0 bridgehead atoms. The molecule has 2 aromatic rings. The van der Waals surface area contributed by atoms with Crippen molar-refractivity contribution in [2.45, 2.75) is 77.2 Å². The third kappa shape index (κ3) is 5.92. The van der Waals surface area contributed by atoms with Gasteiger partial charge in [-0.15, -0.1) is 0 Å². The number of carbonyl (C=O) groups excluding carboxylic acids is 1. The molecular formula is C28H40N2O2. The average Bonchev–Trinajstić information content (AvgIpc) is 2.80. The van der Waals surface area contributed by atoms with E-state index in [1.54, 1.807) is 7.11 Å². The Morgan fingerprint density at radius 3 is 2.06 bits per heavy atom. The molecule has 174 valence electrons. The molecule has 1 aliphatic carbocycles. The van der Waals surface area contributed by atoms with Crippen LogP contribution >= 0.6 is 0 Å². The SMILES string of the molecule is COCCN(C(=O)Nc1c(C(C)C)cccc1C(C)C)C1CCC(c2ccccc2)CC1. The van der Waals surface area contributed by atoms with Gasteiger partial charge in [-0.2, -0.15) is 0 Å². The van der Waals surface area contributed by atoms with E-state index in [4.69, 9.17) is 4.74 Å². The minimum Gasteiger partial charge on any atom is -0.383 e. The number of amides is 2. The van der Waals surface area contributed by atoms with Gasteiger partial charge in [-0.25, -0.2) is 4.79 Å². The molecule has 1 aliphatic rings. The zero-order valence-corrected chi connectivity index (χ0v) is 20.4. The summed E-state index contributed by atoms with van der Waals surface area (Å²) in [5, 5.41) is 3.32. The molecule has 3 rings (SSSR count). The lowest BCUT2D eigenvalue weighted by Gasteiger charge is -2.37. The normalized spacial score (nSPS) is 18.7. The largest absolute Gasteiger partial charge is 0.383 e. The van der Waals surface area contributed by atoms with E-state index in [9.17, 15) is 4.79 Å². The van der Waals surface area contributed by atoms with Crippen LogP contribution in [0.2, 0.25) is 0 Å². The van der Waals surface area contributed by atoms with E-state index < -0.39 is 0 Å². The van der Waals surface area contributed by atoms with Crippen molar-refractivity contribution in [1.29, 1.82) is 0 Å². The maximum Gasteiger partial charge on any atom is 0.322 e. The van der Waals surface area contributed by atoms with Gasteiger partial charge >= 0.3 is 6.03 Å². The van der Waals surface area contributed by atoms with Crippen molar-refractivity contribution in [3.05, 3.63) is 65.2 Å². The second kappa shape index (κ2) is 11.5. The summed E-state index contributed by atoms with van der Waals surface area (Å²) in [6.45, 7) is 9.90. The van der Waals surface area contributed by atoms with Gasteiger partial charge in [0.2, 0.25) is 0 Å². The van der Waals surface area contributed by atoms with Crippen LogP contribution < -0.4 is 5.32 Å². The number of hydrogen-bond acceptors (Lipinski definition) is 2. The highest BCUT2D eigenvalue weighted by Crippen LogP contribution is 2.36. The Morgan fingerprint density at radius 1 is 0.938 bits per heavy atom. The predicted molar refractivity (Wildman–Crippen MR) is 134 cm³/mol. The number of hydrogen-bond donors (Lipinski definition) is 1. The molecule has 2 aromatic carbocycles. The molecule has 0 aliphatic heterocycles. The number of carbonyl (C=O) groups is 1. The van der Waals surface area contributed by atoms with Crippen LogP contribution in [0.5, 0.6) is 0 Å². The molecule has 0 saturated heterocycles. The molecule has 4 nitrogen and oxygen atoms in total. The Morgan fingerprint density at radius 2 is 1.53 bits per heavy atom. The third-order valence-corrected chi connectivity index (χ3v) is 6.81. The summed E-state index contributed by atoms with van der Waals surface area (Å²) in [6.07, 6.45) is 4.29. The number of para-hydroxylation sites is 1. The van der Waals surface area contributed by atoms with Gasteiger partial charge in [-0.05, 0) is 60.1 Å². The number of urea groups is 1. The molecule has 32 heavy (non-hydrogen) atoms. The first-order valence-corrected chi connectivity index (χ1v) is 12.2. The Labute approximate surface area is 194 Å². The lowest BCUT2D eigenvalue weighted by atomic mass is 9.81. The van der Waals surface area contributed by atoms with Gasteiger partial charge in [0.05, 0.1) is 6.61 Å². The predicted octanol–water partition coefficient (Wildman–Crippen LogP) is 7.14. The van der Waals surface area contributed by atoms with E-state index in [0.717, 1.165) is 31.4 Å². The van der Waals surface area contributed by atoms with Crippen LogP contribution in [0.3, 0.4) is 0 Å². The van der Waals surface area contributed by atoms with Crippen LogP contribution in [0.4, 0.5) is 10.5 Å². The van der Waals surface area contributed by atoms with Gasteiger partial charge in [0.25, 0.3) is 0 Å². The highest BCUT2D eigenvalue weighted by Gasteiger charge is 2.30. The smallest absolute Gasteiger partial charge is 0.322 e. The first-order valence-electron chi connectivity index (χ1n) is 12.2. The maximum atomic E-state index is 13.6. The molecule has 1 fully saturated rings. The van der Waals surface area contributed by atoms with Crippen LogP contribution in [0, 0.1) is 0 Å². The van der Waals surface area contributed by atoms with Crippen LogP contribution in [-0.4, -0.2) is 37.2 Å². The summed E-state index contributed by atoms with van der Waals surface area (Å²) in [5.74, 6) is 1.28. The highest BCUT2D eigenvalue weighted by molar-refractivity contribution is 5.91. The molecule has 0 unspecified atom stereocenters. The molecule has 0 aromatic heterocycles. The zero-order valence-electron chi connectivity index (χ0n) is 20.4. The first-order chi connectivity index (χ1) is 15.4. The Kier molecular flexibility index (Phi) is 8.75. The minimum absolute atomic E-state index is 0.000195. The van der Waals surface area contributed by atoms with Gasteiger partial charge in [-0.1, -0.05) is 76.2 Å². The number of methoxy groups -OCH3 is 1. The summed E-state index contributed by atoms with van der Waals surface area (Å²) < 4.78 is 5.36. The second-order valence-electron chi connectivity index (χ2n) is 9.65. The Balaban J connectivity index is 1.76. The van der Waals surface area contributed by atoms with Crippen molar-refractivity contribution >= 4 is 11.7 Å². The fourth-order valence-corrected chi connectivity index (χ4v) is 4.96. The fourth-order valence-electron chi connectivity index (χ4n) is 4.96. The highest BCUT2D eigenvalue weighted by atomic mass is 16.5. The van der Waals surface area contributed by atoms with E-state index in [0.29, 0.717) is 30.9 Å². The number of nitrogens with one attached hydrogen (secondary N) is 1. The van der Waals surface area contributed by atoms with Crippen LogP contribution in [0.25, 0.3) is 0 Å². The topological polar surface area (TPSA) is 41.6 Å². The second-order valence-corrected chi connectivity index (χ2v) is 9.65. The number of ether oxygens (including phenoxy) is 1. The van der Waals surface area contributed by atoms with E-state index in [1.165, 1.54) is 16.7 Å². The lowest BCUT2D eigenvalue weighted by Crippen LogP contribution is -2.46. The van der Waals surface area contributed by atoms with Gasteiger partial charge in [-0.3, -0.25) is 0 Å². The van der Waals surface area contributed by atoms with E-state index >= 15 is 0 Å². The Hall–Kier alpha value is -2.33. The van der Waals surface area contributed by atoms with Crippen molar-refractivity contribution in [2.24, 2.45) is 0 Å². The quantitative estimate of drug-likeness (QED) is 0.478. The maximum absolute atomic E-state index is 13.6. The molecule has 0 heterocycles. The fraction of sp³-hybridized carbons (Fsp3) is 0.536. The van der Waals surface area contributed by atoms with Crippen molar-refractivity contribution < 1.29 is 9.53 Å². The first kappa shape index (κ1) is 24.3. The molecular weight excluding hydrogens is 396 g/mol. The third-order valence-electron chi connectivity index (χ3n) is 6.81. The van der Waals surface area contributed by atoms with Crippen LogP contribution in [0.1, 0.15) is 87.8 Å². The molecule has 0 atom stereocenters. The molecule has 0 radical (unpaired) electrons. The minimum atomic E-state index is 0.000195. The summed E-state index contributed by atoms with van der Waals surface area (Å²) in [5.41, 5.74) is 4.81. The van der Waals surface area contributed by atoms with Crippen LogP contribution in [0.15, 0.2) is 48.5 Å². The molecule has 1 N–H and O–H groups in total. The molecule has 0 spiro atoms.